The van der Waals surface area contributed by atoms with Crippen LogP contribution in [0.4, 0.5) is 0 Å². The van der Waals surface area contributed by atoms with Gasteiger partial charge in [0.25, 0.3) is 6.33 Å². The van der Waals surface area contributed by atoms with Gasteiger partial charge in [-0.05, 0) is 24.3 Å². The highest BCUT2D eigenvalue weighted by molar-refractivity contribution is 6.11. The highest BCUT2D eigenvalue weighted by Crippen LogP contribution is 2.29. The summed E-state index contributed by atoms with van der Waals surface area (Å²) in [7, 11) is 2.14. The first-order valence-corrected chi connectivity index (χ1v) is 7.77. The van der Waals surface area contributed by atoms with Crippen molar-refractivity contribution in [2.24, 2.45) is 7.05 Å². The molecule has 0 radical (unpaired) electrons. The van der Waals surface area contributed by atoms with Crippen LogP contribution in [0.5, 0.6) is 0 Å². The zero-order valence-electron chi connectivity index (χ0n) is 12.8. The topological polar surface area (TPSA) is 14.0 Å². The number of hydrogen-bond acceptors (Lipinski definition) is 0. The largest absolute Gasteiger partial charge is 0.340 e. The lowest BCUT2D eigenvalue weighted by atomic mass is 10.2. The molecule has 3 aromatic heterocycles. The minimum Gasteiger partial charge on any atom is -0.340 e. The Hall–Kier alpha value is -3.07. The van der Waals surface area contributed by atoms with Gasteiger partial charge in [0.05, 0.1) is 6.20 Å². The summed E-state index contributed by atoms with van der Waals surface area (Å²) in [6.07, 6.45) is 6.47. The van der Waals surface area contributed by atoms with Crippen molar-refractivity contribution in [2.75, 3.05) is 0 Å². The molecule has 0 spiro atoms. The van der Waals surface area contributed by atoms with Gasteiger partial charge >= 0.3 is 0 Å². The fraction of sp³-hybridized carbons (Fsp3) is 0.0500. The minimum atomic E-state index is 1.17. The number of benzene rings is 2. The third kappa shape index (κ3) is 1.67. The highest BCUT2D eigenvalue weighted by atomic mass is 15.1. The lowest BCUT2D eigenvalue weighted by molar-refractivity contribution is -0.510. The number of hydrogen-bond donors (Lipinski definition) is 0. The van der Waals surface area contributed by atoms with Crippen LogP contribution in [0.15, 0.2) is 79.4 Å². The summed E-state index contributed by atoms with van der Waals surface area (Å²) in [5, 5.41) is 2.61. The van der Waals surface area contributed by atoms with E-state index in [9.17, 15) is 0 Å². The van der Waals surface area contributed by atoms with Crippen molar-refractivity contribution >= 4 is 27.3 Å². The molecule has 2 aromatic carbocycles. The van der Waals surface area contributed by atoms with E-state index in [-0.39, 0.29) is 0 Å². The van der Waals surface area contributed by atoms with E-state index in [0.29, 0.717) is 0 Å². The van der Waals surface area contributed by atoms with E-state index >= 15 is 0 Å². The zero-order chi connectivity index (χ0) is 15.4. The molecule has 0 amide bonds. The standard InChI is InChI=1S/C20H16N3/c1-21-18-10-6-5-9-16(18)17-11-12-22-14-23(13-19(22)20(17)21)15-7-3-2-4-8-15/h2-14H,1H3/q+1. The van der Waals surface area contributed by atoms with Gasteiger partial charge in [0.15, 0.2) is 5.52 Å². The molecule has 0 fully saturated rings. The fourth-order valence-corrected chi connectivity index (χ4v) is 3.53. The second-order valence-corrected chi connectivity index (χ2v) is 5.93. The van der Waals surface area contributed by atoms with Crippen LogP contribution in [-0.2, 0) is 7.05 Å². The summed E-state index contributed by atoms with van der Waals surface area (Å²) in [6, 6.07) is 21.2. The maximum Gasteiger partial charge on any atom is 0.254 e. The van der Waals surface area contributed by atoms with Crippen LogP contribution in [-0.4, -0.2) is 9.13 Å². The summed E-state index contributed by atoms with van der Waals surface area (Å²) >= 11 is 0. The first-order valence-electron chi connectivity index (χ1n) is 7.77. The van der Waals surface area contributed by atoms with E-state index in [4.69, 9.17) is 0 Å². The van der Waals surface area contributed by atoms with Crippen molar-refractivity contribution in [3.8, 4) is 5.69 Å². The van der Waals surface area contributed by atoms with E-state index in [1.807, 2.05) is 6.07 Å². The van der Waals surface area contributed by atoms with Gasteiger partial charge in [-0.2, -0.15) is 0 Å². The Morgan fingerprint density at radius 1 is 0.826 bits per heavy atom. The van der Waals surface area contributed by atoms with Crippen LogP contribution >= 0.6 is 0 Å². The Balaban J connectivity index is 1.91. The lowest BCUT2D eigenvalue weighted by Gasteiger charge is -1.96. The van der Waals surface area contributed by atoms with Crippen molar-refractivity contribution in [1.29, 1.82) is 0 Å². The summed E-state index contributed by atoms with van der Waals surface area (Å²) in [6.45, 7) is 0. The van der Waals surface area contributed by atoms with Gasteiger partial charge in [-0.1, -0.05) is 36.4 Å². The van der Waals surface area contributed by atoms with Gasteiger partial charge in [0.2, 0.25) is 0 Å². The molecule has 3 nitrogen and oxygen atoms in total. The number of aromatic nitrogens is 3. The number of fused-ring (bicyclic) bond motifs is 5. The van der Waals surface area contributed by atoms with E-state index in [1.165, 1.54) is 33.0 Å². The summed E-state index contributed by atoms with van der Waals surface area (Å²) < 4.78 is 6.65. The zero-order valence-corrected chi connectivity index (χ0v) is 12.8. The molecule has 110 valence electrons. The van der Waals surface area contributed by atoms with Gasteiger partial charge in [-0.15, -0.1) is 0 Å². The highest BCUT2D eigenvalue weighted by Gasteiger charge is 2.17. The van der Waals surface area contributed by atoms with Crippen molar-refractivity contribution in [1.82, 2.24) is 9.13 Å². The third-order valence-corrected chi connectivity index (χ3v) is 4.63. The van der Waals surface area contributed by atoms with Crippen molar-refractivity contribution in [3.63, 3.8) is 0 Å². The molecule has 5 aromatic rings. The average molecular weight is 298 g/mol. The van der Waals surface area contributed by atoms with Crippen molar-refractivity contribution in [3.05, 3.63) is 79.4 Å². The molecule has 0 unspecified atom stereocenters. The molecule has 0 aliphatic heterocycles. The number of aryl methyl sites for hydroxylation is 1. The van der Waals surface area contributed by atoms with E-state index in [0.717, 1.165) is 0 Å². The molecule has 0 bridgehead atoms. The summed E-state index contributed by atoms with van der Waals surface area (Å²) in [4.78, 5) is 0. The predicted molar refractivity (Wildman–Crippen MR) is 92.9 cm³/mol. The fourth-order valence-electron chi connectivity index (χ4n) is 3.53. The molecule has 0 saturated carbocycles. The van der Waals surface area contributed by atoms with E-state index in [1.54, 1.807) is 0 Å². The van der Waals surface area contributed by atoms with E-state index < -0.39 is 0 Å². The van der Waals surface area contributed by atoms with Gasteiger partial charge in [0.1, 0.15) is 17.4 Å². The Kier molecular flexibility index (Phi) is 2.42. The molecule has 0 atom stereocenters. The van der Waals surface area contributed by atoms with Gasteiger partial charge in [-0.3, -0.25) is 0 Å². The smallest absolute Gasteiger partial charge is 0.254 e. The Labute approximate surface area is 133 Å². The van der Waals surface area contributed by atoms with Crippen LogP contribution in [0.1, 0.15) is 0 Å². The second-order valence-electron chi connectivity index (χ2n) is 5.93. The maximum atomic E-state index is 2.29. The normalized spacial score (nSPS) is 11.7. The molecule has 3 heteroatoms. The van der Waals surface area contributed by atoms with Gasteiger partial charge in [-0.25, -0.2) is 8.97 Å². The van der Waals surface area contributed by atoms with Crippen LogP contribution in [0.2, 0.25) is 0 Å². The average Bonchev–Trinajstić information content (AvgIpc) is 3.16. The van der Waals surface area contributed by atoms with Gasteiger partial charge < -0.3 is 4.57 Å². The maximum absolute atomic E-state index is 2.29. The Bertz CT molecular complexity index is 1160. The SMILES string of the molecule is Cn1c2ccccc2c2cc[n+]3cn(-c4ccccc4)cc3c21. The van der Waals surface area contributed by atoms with Gasteiger partial charge in [0, 0.05) is 23.3 Å². The number of imidazole rings is 1. The second kappa shape index (κ2) is 4.46. The molecule has 0 N–H and O–H groups in total. The first kappa shape index (κ1) is 12.5. The number of pyridine rings is 1. The molecule has 5 rings (SSSR count). The number of para-hydroxylation sites is 2. The molecule has 3 heterocycles. The summed E-state index contributed by atoms with van der Waals surface area (Å²) in [5.74, 6) is 0. The van der Waals surface area contributed by atoms with Crippen LogP contribution in [0.25, 0.3) is 33.0 Å². The molecule has 0 aliphatic rings. The number of rotatable bonds is 1. The number of nitrogens with zero attached hydrogens (tertiary/aromatic N) is 3. The predicted octanol–water partition coefficient (Wildman–Crippen LogP) is 3.86. The Morgan fingerprint density at radius 3 is 2.48 bits per heavy atom. The van der Waals surface area contributed by atoms with Crippen LogP contribution in [0, 0.1) is 0 Å². The van der Waals surface area contributed by atoms with Crippen LogP contribution in [0.3, 0.4) is 0 Å². The van der Waals surface area contributed by atoms with Crippen molar-refractivity contribution < 1.29 is 4.40 Å². The van der Waals surface area contributed by atoms with Crippen molar-refractivity contribution in [2.45, 2.75) is 0 Å². The monoisotopic (exact) mass is 298 g/mol. The first-order chi connectivity index (χ1) is 11.3. The van der Waals surface area contributed by atoms with Crippen LogP contribution < -0.4 is 4.40 Å². The van der Waals surface area contributed by atoms with E-state index in [2.05, 4.69) is 93.9 Å². The third-order valence-electron chi connectivity index (χ3n) is 4.63. The molecule has 0 aliphatic carbocycles. The quantitative estimate of drug-likeness (QED) is 0.417. The molecule has 0 saturated heterocycles. The minimum absolute atomic E-state index is 1.17. The molecule has 23 heavy (non-hydrogen) atoms. The Morgan fingerprint density at radius 2 is 1.61 bits per heavy atom. The lowest BCUT2D eigenvalue weighted by Crippen LogP contribution is -2.18. The molecular formula is C20H16N3+. The summed E-state index contributed by atoms with van der Waals surface area (Å²) in [5.41, 5.74) is 4.92. The molecular weight excluding hydrogens is 282 g/mol.